The quantitative estimate of drug-likeness (QED) is 0.616. The molecule has 0 fully saturated rings. The minimum atomic E-state index is -4.07. The van der Waals surface area contributed by atoms with E-state index in [1.54, 1.807) is 6.92 Å². The summed E-state index contributed by atoms with van der Waals surface area (Å²) in [4.78, 5) is 24.6. The van der Waals surface area contributed by atoms with Crippen LogP contribution in [0.2, 0.25) is 0 Å². The standard InChI is InChI=1S/C18H23FN4O4S2/c1-4-14(17(25)21-18-23-22-16(28-18)9-11(2)3)29(26,27)10-15(24)20-13-7-5-12(19)6-8-13/h5-8,11,14H,4,9-10H2,1-3H3,(H,20,24)(H,21,23,25). The molecular formula is C18H23FN4O4S2. The summed E-state index contributed by atoms with van der Waals surface area (Å²) in [7, 11) is -4.07. The van der Waals surface area contributed by atoms with E-state index in [1.165, 1.54) is 23.5 Å². The number of sulfone groups is 1. The molecule has 0 spiro atoms. The number of carbonyl (C=O) groups excluding carboxylic acids is 2. The highest BCUT2D eigenvalue weighted by Gasteiger charge is 2.33. The van der Waals surface area contributed by atoms with Gasteiger partial charge in [0.1, 0.15) is 21.8 Å². The lowest BCUT2D eigenvalue weighted by molar-refractivity contribution is -0.115. The smallest absolute Gasteiger partial charge is 0.244 e. The Labute approximate surface area is 172 Å². The second kappa shape index (κ2) is 9.88. The van der Waals surface area contributed by atoms with Gasteiger partial charge < -0.3 is 5.32 Å². The number of anilines is 2. The van der Waals surface area contributed by atoms with Gasteiger partial charge in [0.2, 0.25) is 16.9 Å². The van der Waals surface area contributed by atoms with Crippen LogP contribution < -0.4 is 10.6 Å². The summed E-state index contributed by atoms with van der Waals surface area (Å²) in [5.41, 5.74) is 0.260. The summed E-state index contributed by atoms with van der Waals surface area (Å²) in [6, 6.07) is 4.91. The molecule has 1 atom stereocenters. The fraction of sp³-hybridized carbons (Fsp3) is 0.444. The molecule has 1 aromatic carbocycles. The molecule has 158 valence electrons. The van der Waals surface area contributed by atoms with Crippen LogP contribution in [0.1, 0.15) is 32.2 Å². The number of nitrogens with zero attached hydrogens (tertiary/aromatic N) is 2. The van der Waals surface area contributed by atoms with E-state index in [-0.39, 0.29) is 17.2 Å². The van der Waals surface area contributed by atoms with E-state index in [9.17, 15) is 22.4 Å². The van der Waals surface area contributed by atoms with E-state index in [0.717, 1.165) is 17.1 Å². The van der Waals surface area contributed by atoms with Crippen LogP contribution in [0, 0.1) is 11.7 Å². The van der Waals surface area contributed by atoms with Crippen LogP contribution in [0.5, 0.6) is 0 Å². The van der Waals surface area contributed by atoms with Crippen LogP contribution in [0.15, 0.2) is 24.3 Å². The van der Waals surface area contributed by atoms with Gasteiger partial charge in [0.05, 0.1) is 0 Å². The summed E-state index contributed by atoms with van der Waals surface area (Å²) in [6.07, 6.45) is 0.697. The fourth-order valence-corrected chi connectivity index (χ4v) is 5.02. The maximum absolute atomic E-state index is 12.9. The highest BCUT2D eigenvalue weighted by Crippen LogP contribution is 2.20. The maximum Gasteiger partial charge on any atom is 0.244 e. The lowest BCUT2D eigenvalue weighted by atomic mass is 10.1. The summed E-state index contributed by atoms with van der Waals surface area (Å²) in [6.45, 7) is 5.59. The molecule has 1 unspecified atom stereocenters. The monoisotopic (exact) mass is 442 g/mol. The highest BCUT2D eigenvalue weighted by atomic mass is 32.2. The van der Waals surface area contributed by atoms with Crippen molar-refractivity contribution >= 4 is 43.8 Å². The van der Waals surface area contributed by atoms with Gasteiger partial charge in [-0.15, -0.1) is 10.2 Å². The molecule has 29 heavy (non-hydrogen) atoms. The predicted octanol–water partition coefficient (Wildman–Crippen LogP) is 2.65. The van der Waals surface area contributed by atoms with E-state index >= 15 is 0 Å². The van der Waals surface area contributed by atoms with Gasteiger partial charge in [-0.1, -0.05) is 32.1 Å². The van der Waals surface area contributed by atoms with E-state index in [0.29, 0.717) is 12.3 Å². The Kier molecular flexibility index (Phi) is 7.80. The van der Waals surface area contributed by atoms with Crippen molar-refractivity contribution in [1.29, 1.82) is 0 Å². The van der Waals surface area contributed by atoms with Crippen molar-refractivity contribution in [1.82, 2.24) is 10.2 Å². The van der Waals surface area contributed by atoms with Crippen molar-refractivity contribution in [2.45, 2.75) is 38.9 Å². The van der Waals surface area contributed by atoms with Gasteiger partial charge in [0.15, 0.2) is 9.84 Å². The van der Waals surface area contributed by atoms with Gasteiger partial charge in [-0.05, 0) is 36.6 Å². The van der Waals surface area contributed by atoms with Crippen LogP contribution in [0.4, 0.5) is 15.2 Å². The van der Waals surface area contributed by atoms with Crippen molar-refractivity contribution in [2.75, 3.05) is 16.4 Å². The zero-order valence-electron chi connectivity index (χ0n) is 16.3. The molecule has 8 nitrogen and oxygen atoms in total. The minimum absolute atomic E-state index is 0.00432. The number of hydrogen-bond donors (Lipinski definition) is 2. The Balaban J connectivity index is 2.02. The van der Waals surface area contributed by atoms with Gasteiger partial charge in [-0.25, -0.2) is 12.8 Å². The highest BCUT2D eigenvalue weighted by molar-refractivity contribution is 7.93. The molecule has 2 aromatic rings. The van der Waals surface area contributed by atoms with Gasteiger partial charge in [-0.3, -0.25) is 14.9 Å². The topological polar surface area (TPSA) is 118 Å². The van der Waals surface area contributed by atoms with Crippen molar-refractivity contribution < 1.29 is 22.4 Å². The molecule has 0 aliphatic carbocycles. The molecule has 0 saturated carbocycles. The first kappa shape index (κ1) is 22.9. The number of amides is 2. The van der Waals surface area contributed by atoms with Gasteiger partial charge >= 0.3 is 0 Å². The normalized spacial score (nSPS) is 12.6. The third-order valence-corrected chi connectivity index (χ3v) is 6.78. The number of benzene rings is 1. The summed E-state index contributed by atoms with van der Waals surface area (Å²) in [5, 5.41) is 12.2. The number of rotatable bonds is 9. The number of carbonyl (C=O) groups is 2. The van der Waals surface area contributed by atoms with E-state index < -0.39 is 38.5 Å². The van der Waals surface area contributed by atoms with Gasteiger partial charge in [0, 0.05) is 12.1 Å². The largest absolute Gasteiger partial charge is 0.325 e. The predicted molar refractivity (Wildman–Crippen MR) is 110 cm³/mol. The first-order valence-electron chi connectivity index (χ1n) is 9.01. The third-order valence-electron chi connectivity index (χ3n) is 3.84. The van der Waals surface area contributed by atoms with Crippen molar-refractivity contribution in [2.24, 2.45) is 5.92 Å². The molecule has 1 heterocycles. The Morgan fingerprint density at radius 3 is 2.38 bits per heavy atom. The van der Waals surface area contributed by atoms with Crippen LogP contribution >= 0.6 is 11.3 Å². The summed E-state index contributed by atoms with van der Waals surface area (Å²) in [5.74, 6) is -2.54. The third kappa shape index (κ3) is 6.86. The molecule has 2 rings (SSSR count). The van der Waals surface area contributed by atoms with Gasteiger partial charge in [0.25, 0.3) is 0 Å². The fourth-order valence-electron chi connectivity index (χ4n) is 2.54. The molecule has 0 radical (unpaired) electrons. The first-order valence-corrected chi connectivity index (χ1v) is 11.5. The molecular weight excluding hydrogens is 419 g/mol. The second-order valence-corrected chi connectivity index (χ2v) is 10.1. The number of aromatic nitrogens is 2. The van der Waals surface area contributed by atoms with E-state index in [2.05, 4.69) is 20.8 Å². The zero-order valence-corrected chi connectivity index (χ0v) is 17.9. The van der Waals surface area contributed by atoms with Crippen LogP contribution in [-0.4, -0.2) is 41.4 Å². The minimum Gasteiger partial charge on any atom is -0.325 e. The average molecular weight is 443 g/mol. The SMILES string of the molecule is CCC(C(=O)Nc1nnc(CC(C)C)s1)S(=O)(=O)CC(=O)Nc1ccc(F)cc1. The first-order chi connectivity index (χ1) is 13.6. The van der Waals surface area contributed by atoms with Crippen LogP contribution in [0.3, 0.4) is 0 Å². The molecule has 0 bridgehead atoms. The molecule has 0 saturated heterocycles. The van der Waals surface area contributed by atoms with Crippen LogP contribution in [-0.2, 0) is 25.8 Å². The average Bonchev–Trinajstić information content (AvgIpc) is 3.02. The zero-order chi connectivity index (χ0) is 21.6. The number of hydrogen-bond acceptors (Lipinski definition) is 7. The number of nitrogens with one attached hydrogen (secondary N) is 2. The van der Waals surface area contributed by atoms with Crippen LogP contribution in [0.25, 0.3) is 0 Å². The summed E-state index contributed by atoms with van der Waals surface area (Å²) < 4.78 is 38.1. The second-order valence-electron chi connectivity index (χ2n) is 6.85. The molecule has 2 amide bonds. The Bertz CT molecular complexity index is 958. The van der Waals surface area contributed by atoms with Crippen molar-refractivity contribution in [3.05, 3.63) is 35.1 Å². The Morgan fingerprint density at radius 1 is 1.14 bits per heavy atom. The lowest BCUT2D eigenvalue weighted by Crippen LogP contribution is -2.39. The van der Waals surface area contributed by atoms with Gasteiger partial charge in [-0.2, -0.15) is 0 Å². The molecule has 1 aromatic heterocycles. The Hall–Kier alpha value is -2.40. The van der Waals surface area contributed by atoms with E-state index in [4.69, 9.17) is 0 Å². The molecule has 11 heteroatoms. The van der Waals surface area contributed by atoms with E-state index in [1.807, 2.05) is 13.8 Å². The molecule has 2 N–H and O–H groups in total. The number of halogens is 1. The Morgan fingerprint density at radius 2 is 1.79 bits per heavy atom. The van der Waals surface area contributed by atoms with Crippen molar-refractivity contribution in [3.8, 4) is 0 Å². The molecule has 0 aliphatic rings. The lowest BCUT2D eigenvalue weighted by Gasteiger charge is -2.14. The maximum atomic E-state index is 12.9. The molecule has 0 aliphatic heterocycles. The van der Waals surface area contributed by atoms with Crippen molar-refractivity contribution in [3.63, 3.8) is 0 Å². The summed E-state index contributed by atoms with van der Waals surface area (Å²) >= 11 is 1.19.